The summed E-state index contributed by atoms with van der Waals surface area (Å²) in [6, 6.07) is 13.5. The summed E-state index contributed by atoms with van der Waals surface area (Å²) in [5, 5.41) is 9.94. The summed E-state index contributed by atoms with van der Waals surface area (Å²) in [5.74, 6) is 0.171. The van der Waals surface area contributed by atoms with Gasteiger partial charge in [-0.05, 0) is 50.7 Å². The normalized spacial score (nSPS) is 26.0. The number of nitrogens with one attached hydrogen (secondary N) is 3. The van der Waals surface area contributed by atoms with Gasteiger partial charge in [0.25, 0.3) is 0 Å². The van der Waals surface area contributed by atoms with Crippen molar-refractivity contribution < 1.29 is 9.53 Å². The molecule has 2 aromatic rings. The molecular formula is C20H21N3O2S. The summed E-state index contributed by atoms with van der Waals surface area (Å²) < 4.78 is 6.18. The van der Waals surface area contributed by atoms with Gasteiger partial charge in [-0.3, -0.25) is 4.79 Å². The van der Waals surface area contributed by atoms with Gasteiger partial charge < -0.3 is 20.7 Å². The number of hydrogen-bond acceptors (Lipinski definition) is 3. The SMILES string of the molecule is Cc1ccc(NC(=O)C2C3NC(=S)NC2(C)Oc2ccccc23)c(C)c1. The van der Waals surface area contributed by atoms with E-state index in [0.29, 0.717) is 5.11 Å². The lowest BCUT2D eigenvalue weighted by molar-refractivity contribution is -0.132. The Morgan fingerprint density at radius 1 is 1.23 bits per heavy atom. The van der Waals surface area contributed by atoms with Crippen LogP contribution in [0.2, 0.25) is 0 Å². The van der Waals surface area contributed by atoms with E-state index in [2.05, 4.69) is 22.0 Å². The van der Waals surface area contributed by atoms with E-state index in [4.69, 9.17) is 17.0 Å². The first-order chi connectivity index (χ1) is 12.4. The number of carbonyl (C=O) groups is 1. The van der Waals surface area contributed by atoms with E-state index in [1.54, 1.807) is 0 Å². The number of amides is 1. The van der Waals surface area contributed by atoms with Crippen molar-refractivity contribution in [1.29, 1.82) is 0 Å². The number of thiocarbonyl (C=S) groups is 1. The molecule has 0 saturated carbocycles. The van der Waals surface area contributed by atoms with Crippen LogP contribution in [0.1, 0.15) is 29.7 Å². The molecule has 0 aromatic heterocycles. The number of anilines is 1. The molecule has 2 aromatic carbocycles. The van der Waals surface area contributed by atoms with Gasteiger partial charge in [0, 0.05) is 11.3 Å². The summed E-state index contributed by atoms with van der Waals surface area (Å²) in [6.07, 6.45) is 0. The van der Waals surface area contributed by atoms with Gasteiger partial charge in [0.1, 0.15) is 11.7 Å². The molecule has 5 nitrogen and oxygen atoms in total. The van der Waals surface area contributed by atoms with Gasteiger partial charge in [-0.25, -0.2) is 0 Å². The molecule has 2 heterocycles. The number of fused-ring (bicyclic) bond motifs is 4. The maximum absolute atomic E-state index is 13.2. The van der Waals surface area contributed by atoms with Crippen molar-refractivity contribution in [1.82, 2.24) is 10.6 Å². The molecule has 134 valence electrons. The van der Waals surface area contributed by atoms with Crippen LogP contribution in [-0.4, -0.2) is 16.7 Å². The molecule has 3 N–H and O–H groups in total. The Balaban J connectivity index is 1.71. The smallest absolute Gasteiger partial charge is 0.236 e. The molecule has 3 unspecified atom stereocenters. The summed E-state index contributed by atoms with van der Waals surface area (Å²) in [5.41, 5.74) is 3.03. The van der Waals surface area contributed by atoms with Gasteiger partial charge in [-0.2, -0.15) is 0 Å². The van der Waals surface area contributed by atoms with Crippen molar-refractivity contribution in [2.24, 2.45) is 5.92 Å². The highest BCUT2D eigenvalue weighted by Crippen LogP contribution is 2.45. The largest absolute Gasteiger partial charge is 0.467 e. The Morgan fingerprint density at radius 2 is 2.00 bits per heavy atom. The number of carbonyl (C=O) groups excluding carboxylic acids is 1. The fourth-order valence-electron chi connectivity index (χ4n) is 3.85. The molecule has 2 bridgehead atoms. The predicted molar refractivity (Wildman–Crippen MR) is 105 cm³/mol. The molecule has 1 amide bonds. The van der Waals surface area contributed by atoms with E-state index in [0.717, 1.165) is 28.1 Å². The van der Waals surface area contributed by atoms with Crippen LogP contribution in [0.25, 0.3) is 0 Å². The van der Waals surface area contributed by atoms with E-state index < -0.39 is 11.6 Å². The van der Waals surface area contributed by atoms with Crippen LogP contribution in [-0.2, 0) is 4.79 Å². The Labute approximate surface area is 158 Å². The molecule has 0 aliphatic carbocycles. The van der Waals surface area contributed by atoms with Crippen LogP contribution in [0.3, 0.4) is 0 Å². The van der Waals surface area contributed by atoms with Crippen molar-refractivity contribution in [2.45, 2.75) is 32.5 Å². The summed E-state index contributed by atoms with van der Waals surface area (Å²) in [6.45, 7) is 5.89. The Hall–Kier alpha value is -2.60. The quantitative estimate of drug-likeness (QED) is 0.712. The minimum Gasteiger partial charge on any atom is -0.467 e. The molecule has 0 spiro atoms. The zero-order valence-corrected chi connectivity index (χ0v) is 15.7. The van der Waals surface area contributed by atoms with E-state index in [1.807, 2.05) is 57.2 Å². The molecule has 2 aliphatic rings. The number of ether oxygens (including phenoxy) is 1. The van der Waals surface area contributed by atoms with E-state index in [9.17, 15) is 4.79 Å². The van der Waals surface area contributed by atoms with Crippen LogP contribution in [0.4, 0.5) is 5.69 Å². The second-order valence-corrected chi connectivity index (χ2v) is 7.52. The molecule has 26 heavy (non-hydrogen) atoms. The zero-order chi connectivity index (χ0) is 18.5. The van der Waals surface area contributed by atoms with Crippen LogP contribution in [0, 0.1) is 19.8 Å². The number of aryl methyl sites for hydroxylation is 2. The lowest BCUT2D eigenvalue weighted by Gasteiger charge is -2.50. The molecule has 4 rings (SSSR count). The standard InChI is InChI=1S/C20H21N3O2S/c1-11-8-9-14(12(2)10-11)21-18(24)16-17-13-6-4-5-7-15(13)25-20(16,3)23-19(26)22-17/h4-10,16-17H,1-3H3,(H,21,24)(H2,22,23,26). The molecule has 2 aliphatic heterocycles. The van der Waals surface area contributed by atoms with E-state index in [-0.39, 0.29) is 11.9 Å². The van der Waals surface area contributed by atoms with Crippen molar-refractivity contribution in [3.63, 3.8) is 0 Å². The van der Waals surface area contributed by atoms with Crippen molar-refractivity contribution in [2.75, 3.05) is 5.32 Å². The van der Waals surface area contributed by atoms with Gasteiger partial charge in [0.05, 0.1) is 6.04 Å². The first-order valence-corrected chi connectivity index (χ1v) is 9.03. The van der Waals surface area contributed by atoms with Gasteiger partial charge in [-0.15, -0.1) is 0 Å². The fourth-order valence-corrected chi connectivity index (χ4v) is 4.18. The highest BCUT2D eigenvalue weighted by molar-refractivity contribution is 7.80. The van der Waals surface area contributed by atoms with Crippen LogP contribution < -0.4 is 20.7 Å². The maximum atomic E-state index is 13.2. The maximum Gasteiger partial charge on any atom is 0.236 e. The number of benzene rings is 2. The Bertz CT molecular complexity index is 914. The monoisotopic (exact) mass is 367 g/mol. The average Bonchev–Trinajstić information content (AvgIpc) is 2.56. The second-order valence-electron chi connectivity index (χ2n) is 7.11. The first kappa shape index (κ1) is 16.8. The summed E-state index contributed by atoms with van der Waals surface area (Å²) in [4.78, 5) is 13.2. The lowest BCUT2D eigenvalue weighted by Crippen LogP contribution is -2.70. The van der Waals surface area contributed by atoms with E-state index >= 15 is 0 Å². The van der Waals surface area contributed by atoms with Gasteiger partial charge >= 0.3 is 0 Å². The third kappa shape index (κ3) is 2.70. The van der Waals surface area contributed by atoms with Gasteiger partial charge in [-0.1, -0.05) is 35.9 Å². The summed E-state index contributed by atoms with van der Waals surface area (Å²) in [7, 11) is 0. The molecule has 3 atom stereocenters. The molecule has 1 saturated heterocycles. The predicted octanol–water partition coefficient (Wildman–Crippen LogP) is 3.19. The Morgan fingerprint density at radius 3 is 2.77 bits per heavy atom. The van der Waals surface area contributed by atoms with Crippen LogP contribution in [0.15, 0.2) is 42.5 Å². The van der Waals surface area contributed by atoms with Crippen molar-refractivity contribution >= 4 is 28.9 Å². The lowest BCUT2D eigenvalue weighted by atomic mass is 9.80. The first-order valence-electron chi connectivity index (χ1n) is 8.62. The summed E-state index contributed by atoms with van der Waals surface area (Å²) >= 11 is 5.33. The number of rotatable bonds is 2. The highest BCUT2D eigenvalue weighted by Gasteiger charge is 2.54. The molecule has 1 fully saturated rings. The van der Waals surface area contributed by atoms with Crippen molar-refractivity contribution in [3.8, 4) is 5.75 Å². The Kier molecular flexibility index (Phi) is 3.88. The third-order valence-electron chi connectivity index (χ3n) is 5.07. The average molecular weight is 367 g/mol. The highest BCUT2D eigenvalue weighted by atomic mass is 32.1. The van der Waals surface area contributed by atoms with E-state index in [1.165, 1.54) is 0 Å². The minimum absolute atomic E-state index is 0.110. The van der Waals surface area contributed by atoms with Gasteiger partial charge in [0.15, 0.2) is 10.8 Å². The topological polar surface area (TPSA) is 62.4 Å². The molecule has 0 radical (unpaired) electrons. The fraction of sp³-hybridized carbons (Fsp3) is 0.300. The zero-order valence-electron chi connectivity index (χ0n) is 14.9. The van der Waals surface area contributed by atoms with Gasteiger partial charge in [0.2, 0.25) is 5.91 Å². The number of hydrogen-bond donors (Lipinski definition) is 3. The second kappa shape index (κ2) is 5.99. The van der Waals surface area contributed by atoms with Crippen molar-refractivity contribution in [3.05, 3.63) is 59.2 Å². The number of para-hydroxylation sites is 1. The van der Waals surface area contributed by atoms with Crippen LogP contribution in [0.5, 0.6) is 5.75 Å². The minimum atomic E-state index is -0.913. The van der Waals surface area contributed by atoms with Crippen LogP contribution >= 0.6 is 12.2 Å². The molecule has 6 heteroatoms. The third-order valence-corrected chi connectivity index (χ3v) is 5.29. The molecular weight excluding hydrogens is 346 g/mol.